The normalized spacial score (nSPS) is 14.7. The second-order valence-electron chi connectivity index (χ2n) is 5.69. The van der Waals surface area contributed by atoms with Gasteiger partial charge in [0.25, 0.3) is 10.0 Å². The number of sulfonamides is 1. The highest BCUT2D eigenvalue weighted by atomic mass is 32.2. The molecular weight excluding hydrogens is 346 g/mol. The molecule has 0 amide bonds. The SMILES string of the molecule is O=S(=O)(Nc1ccccc1Cc1nc(C2CC2)no1)c1cccs1. The van der Waals surface area contributed by atoms with Gasteiger partial charge in [-0.1, -0.05) is 29.4 Å². The van der Waals surface area contributed by atoms with Crippen LogP contribution in [0.3, 0.4) is 0 Å². The lowest BCUT2D eigenvalue weighted by molar-refractivity contribution is 0.379. The molecule has 1 aromatic carbocycles. The lowest BCUT2D eigenvalue weighted by Crippen LogP contribution is -2.13. The van der Waals surface area contributed by atoms with E-state index in [2.05, 4.69) is 14.9 Å². The molecule has 8 heteroatoms. The van der Waals surface area contributed by atoms with Crippen molar-refractivity contribution in [3.63, 3.8) is 0 Å². The summed E-state index contributed by atoms with van der Waals surface area (Å²) < 4.78 is 33.1. The molecule has 1 aliphatic carbocycles. The first-order chi connectivity index (χ1) is 11.6. The van der Waals surface area contributed by atoms with Gasteiger partial charge in [0, 0.05) is 5.92 Å². The number of nitrogens with one attached hydrogen (secondary N) is 1. The highest BCUT2D eigenvalue weighted by Gasteiger charge is 2.29. The Balaban J connectivity index is 1.58. The Morgan fingerprint density at radius 1 is 1.21 bits per heavy atom. The Morgan fingerprint density at radius 3 is 2.79 bits per heavy atom. The molecule has 2 heterocycles. The number of hydrogen-bond acceptors (Lipinski definition) is 6. The molecule has 0 radical (unpaired) electrons. The van der Waals surface area contributed by atoms with E-state index >= 15 is 0 Å². The molecule has 24 heavy (non-hydrogen) atoms. The minimum atomic E-state index is -3.58. The fourth-order valence-electron chi connectivity index (χ4n) is 2.40. The zero-order chi connectivity index (χ0) is 16.6. The van der Waals surface area contributed by atoms with Crippen LogP contribution in [0.5, 0.6) is 0 Å². The van der Waals surface area contributed by atoms with E-state index in [9.17, 15) is 8.42 Å². The molecule has 124 valence electrons. The topological polar surface area (TPSA) is 85.1 Å². The van der Waals surface area contributed by atoms with Crippen molar-refractivity contribution in [1.82, 2.24) is 10.1 Å². The number of rotatable bonds is 6. The van der Waals surface area contributed by atoms with E-state index in [1.807, 2.05) is 12.1 Å². The number of thiophene rings is 1. The molecule has 0 bridgehead atoms. The molecule has 2 aromatic heterocycles. The van der Waals surface area contributed by atoms with E-state index < -0.39 is 10.0 Å². The van der Waals surface area contributed by atoms with Gasteiger partial charge < -0.3 is 4.52 Å². The number of anilines is 1. The molecule has 1 N–H and O–H groups in total. The van der Waals surface area contributed by atoms with Crippen molar-refractivity contribution in [3.05, 3.63) is 59.1 Å². The summed E-state index contributed by atoms with van der Waals surface area (Å²) in [6.07, 6.45) is 2.61. The van der Waals surface area contributed by atoms with E-state index in [0.29, 0.717) is 23.9 Å². The fourth-order valence-corrected chi connectivity index (χ4v) is 4.49. The standard InChI is InChI=1S/C16H15N3O3S2/c20-24(21,15-6-3-9-23-15)19-13-5-2-1-4-12(13)10-14-17-16(18-22-14)11-7-8-11/h1-6,9,11,19H,7-8,10H2. The summed E-state index contributed by atoms with van der Waals surface area (Å²) in [5.74, 6) is 1.68. The smallest absolute Gasteiger partial charge is 0.271 e. The van der Waals surface area contributed by atoms with E-state index in [0.717, 1.165) is 24.2 Å². The maximum atomic E-state index is 12.4. The van der Waals surface area contributed by atoms with Gasteiger partial charge in [0.15, 0.2) is 5.82 Å². The molecule has 0 saturated heterocycles. The van der Waals surface area contributed by atoms with Gasteiger partial charge in [-0.2, -0.15) is 4.98 Å². The molecule has 1 fully saturated rings. The predicted molar refractivity (Wildman–Crippen MR) is 90.6 cm³/mol. The van der Waals surface area contributed by atoms with Gasteiger partial charge >= 0.3 is 0 Å². The Morgan fingerprint density at radius 2 is 2.04 bits per heavy atom. The maximum Gasteiger partial charge on any atom is 0.271 e. The molecule has 1 saturated carbocycles. The van der Waals surface area contributed by atoms with Crippen molar-refractivity contribution in [1.29, 1.82) is 0 Å². The zero-order valence-corrected chi connectivity index (χ0v) is 14.3. The molecule has 1 aliphatic rings. The lowest BCUT2D eigenvalue weighted by atomic mass is 10.1. The summed E-state index contributed by atoms with van der Waals surface area (Å²) in [4.78, 5) is 4.40. The highest BCUT2D eigenvalue weighted by molar-refractivity contribution is 7.94. The Kier molecular flexibility index (Phi) is 3.85. The summed E-state index contributed by atoms with van der Waals surface area (Å²) in [7, 11) is -3.58. The first-order valence-corrected chi connectivity index (χ1v) is 9.95. The summed E-state index contributed by atoms with van der Waals surface area (Å²) in [5.41, 5.74) is 1.32. The van der Waals surface area contributed by atoms with Gasteiger partial charge in [-0.3, -0.25) is 4.72 Å². The molecule has 0 atom stereocenters. The van der Waals surface area contributed by atoms with Gasteiger partial charge in [-0.25, -0.2) is 8.42 Å². The highest BCUT2D eigenvalue weighted by Crippen LogP contribution is 2.38. The van der Waals surface area contributed by atoms with E-state index in [4.69, 9.17) is 4.52 Å². The van der Waals surface area contributed by atoms with Crippen LogP contribution in [-0.4, -0.2) is 18.6 Å². The zero-order valence-electron chi connectivity index (χ0n) is 12.7. The van der Waals surface area contributed by atoms with Crippen LogP contribution >= 0.6 is 11.3 Å². The number of hydrogen-bond donors (Lipinski definition) is 1. The second-order valence-corrected chi connectivity index (χ2v) is 8.55. The summed E-state index contributed by atoms with van der Waals surface area (Å²) in [5, 5.41) is 5.73. The molecule has 0 unspecified atom stereocenters. The average molecular weight is 361 g/mol. The van der Waals surface area contributed by atoms with Gasteiger partial charge in [-0.05, 0) is 35.9 Å². The third-order valence-corrected chi connectivity index (χ3v) is 6.55. The van der Waals surface area contributed by atoms with Gasteiger partial charge in [0.05, 0.1) is 12.1 Å². The van der Waals surface area contributed by atoms with Crippen LogP contribution in [0, 0.1) is 0 Å². The van der Waals surface area contributed by atoms with Crippen molar-refractivity contribution in [2.45, 2.75) is 29.4 Å². The average Bonchev–Trinajstić information content (AvgIpc) is 3.07. The van der Waals surface area contributed by atoms with Gasteiger partial charge in [-0.15, -0.1) is 11.3 Å². The molecule has 3 aromatic rings. The van der Waals surface area contributed by atoms with Gasteiger partial charge in [0.1, 0.15) is 4.21 Å². The summed E-state index contributed by atoms with van der Waals surface area (Å²) in [6.45, 7) is 0. The van der Waals surface area contributed by atoms with Crippen molar-refractivity contribution in [3.8, 4) is 0 Å². The minimum absolute atomic E-state index is 0.283. The van der Waals surface area contributed by atoms with Crippen LogP contribution in [0.1, 0.15) is 36.0 Å². The molecule has 0 spiro atoms. The monoisotopic (exact) mass is 361 g/mol. The lowest BCUT2D eigenvalue weighted by Gasteiger charge is -2.10. The molecule has 6 nitrogen and oxygen atoms in total. The Hall–Kier alpha value is -2.19. The first kappa shape index (κ1) is 15.3. The van der Waals surface area contributed by atoms with Crippen molar-refractivity contribution >= 4 is 27.0 Å². The van der Waals surface area contributed by atoms with E-state index in [1.165, 1.54) is 11.3 Å². The Bertz CT molecular complexity index is 945. The molecular formula is C16H15N3O3S2. The van der Waals surface area contributed by atoms with Crippen LogP contribution in [-0.2, 0) is 16.4 Å². The van der Waals surface area contributed by atoms with Gasteiger partial charge in [0.2, 0.25) is 5.89 Å². The summed E-state index contributed by atoms with van der Waals surface area (Å²) >= 11 is 1.18. The predicted octanol–water partition coefficient (Wildman–Crippen LogP) is 3.40. The van der Waals surface area contributed by atoms with Crippen LogP contribution in [0.15, 0.2) is 50.5 Å². The van der Waals surface area contributed by atoms with Crippen molar-refractivity contribution in [2.24, 2.45) is 0 Å². The number of nitrogens with zero attached hydrogens (tertiary/aromatic N) is 2. The van der Waals surface area contributed by atoms with Crippen molar-refractivity contribution < 1.29 is 12.9 Å². The number of para-hydroxylation sites is 1. The third-order valence-electron chi connectivity index (χ3n) is 3.79. The van der Waals surface area contributed by atoms with Crippen LogP contribution < -0.4 is 4.72 Å². The number of aromatic nitrogens is 2. The third kappa shape index (κ3) is 3.20. The van der Waals surface area contributed by atoms with Crippen LogP contribution in [0.25, 0.3) is 0 Å². The van der Waals surface area contributed by atoms with Crippen LogP contribution in [0.4, 0.5) is 5.69 Å². The first-order valence-electron chi connectivity index (χ1n) is 7.58. The molecule has 4 rings (SSSR count). The Labute approximate surface area is 143 Å². The number of benzene rings is 1. The van der Waals surface area contributed by atoms with E-state index in [1.54, 1.807) is 29.6 Å². The fraction of sp³-hybridized carbons (Fsp3) is 0.250. The maximum absolute atomic E-state index is 12.4. The second kappa shape index (κ2) is 6.03. The van der Waals surface area contributed by atoms with E-state index in [-0.39, 0.29) is 4.21 Å². The van der Waals surface area contributed by atoms with Crippen molar-refractivity contribution in [2.75, 3.05) is 4.72 Å². The largest absolute Gasteiger partial charge is 0.339 e. The summed E-state index contributed by atoms with van der Waals surface area (Å²) in [6, 6.07) is 10.5. The quantitative estimate of drug-likeness (QED) is 0.727. The van der Waals surface area contributed by atoms with Crippen LogP contribution in [0.2, 0.25) is 0 Å². The molecule has 0 aliphatic heterocycles. The minimum Gasteiger partial charge on any atom is -0.339 e.